The molecule has 0 saturated carbocycles. The van der Waals surface area contributed by atoms with Crippen molar-refractivity contribution in [1.82, 2.24) is 5.16 Å². The smallest absolute Gasteiger partial charge is 0.184 e. The Labute approximate surface area is 141 Å². The van der Waals surface area contributed by atoms with E-state index in [1.807, 2.05) is 18.2 Å². The van der Waals surface area contributed by atoms with E-state index in [9.17, 15) is 4.79 Å². The maximum absolute atomic E-state index is 12.2. The second-order valence-electron chi connectivity index (χ2n) is 6.29. The molecule has 24 heavy (non-hydrogen) atoms. The van der Waals surface area contributed by atoms with Crippen LogP contribution in [-0.4, -0.2) is 24.2 Å². The molecule has 0 spiro atoms. The Morgan fingerprint density at radius 3 is 3.00 bits per heavy atom. The van der Waals surface area contributed by atoms with E-state index in [2.05, 4.69) is 18.1 Å². The van der Waals surface area contributed by atoms with Gasteiger partial charge in [0.1, 0.15) is 12.3 Å². The number of hydrogen-bond acceptors (Lipinski definition) is 5. The summed E-state index contributed by atoms with van der Waals surface area (Å²) in [5.41, 5.74) is 2.73. The summed E-state index contributed by atoms with van der Waals surface area (Å²) >= 11 is 0. The van der Waals surface area contributed by atoms with Gasteiger partial charge < -0.3 is 14.0 Å². The average molecular weight is 329 g/mol. The first-order valence-electron chi connectivity index (χ1n) is 8.41. The van der Waals surface area contributed by atoms with Gasteiger partial charge in [0, 0.05) is 25.7 Å². The molecule has 1 fully saturated rings. The van der Waals surface area contributed by atoms with Crippen LogP contribution in [0.1, 0.15) is 46.6 Å². The zero-order valence-corrected chi connectivity index (χ0v) is 14.0. The lowest BCUT2D eigenvalue weighted by Gasteiger charge is -2.05. The van der Waals surface area contributed by atoms with Crippen molar-refractivity contribution in [2.45, 2.75) is 39.4 Å². The highest BCUT2D eigenvalue weighted by atomic mass is 16.5. The first kappa shape index (κ1) is 16.9. The number of Topliss-reactive ketones (excluding diaryl/α,β-unsaturated/α-hetero) is 1. The van der Waals surface area contributed by atoms with E-state index in [-0.39, 0.29) is 5.78 Å². The first-order valence-corrected chi connectivity index (χ1v) is 8.41. The Kier molecular flexibility index (Phi) is 5.77. The van der Waals surface area contributed by atoms with E-state index in [1.54, 1.807) is 6.07 Å². The summed E-state index contributed by atoms with van der Waals surface area (Å²) in [4.78, 5) is 12.2. The van der Waals surface area contributed by atoms with Crippen molar-refractivity contribution < 1.29 is 18.8 Å². The summed E-state index contributed by atoms with van der Waals surface area (Å²) in [6, 6.07) is 9.78. The SMILES string of the molecule is Cc1ccccc1COCc1cc(C(=O)CCC2CCOC2)no1. The number of aromatic nitrogens is 1. The lowest BCUT2D eigenvalue weighted by molar-refractivity contribution is 0.0876. The van der Waals surface area contributed by atoms with E-state index in [4.69, 9.17) is 14.0 Å². The molecule has 1 unspecified atom stereocenters. The molecule has 0 aliphatic carbocycles. The molecule has 3 rings (SSSR count). The van der Waals surface area contributed by atoms with Gasteiger partial charge in [0.2, 0.25) is 0 Å². The van der Waals surface area contributed by atoms with E-state index < -0.39 is 0 Å². The summed E-state index contributed by atoms with van der Waals surface area (Å²) < 4.78 is 16.2. The summed E-state index contributed by atoms with van der Waals surface area (Å²) in [7, 11) is 0. The van der Waals surface area contributed by atoms with Gasteiger partial charge in [-0.2, -0.15) is 0 Å². The first-order chi connectivity index (χ1) is 11.7. The molecule has 1 atom stereocenters. The van der Waals surface area contributed by atoms with Crippen LogP contribution < -0.4 is 0 Å². The molecule has 5 nitrogen and oxygen atoms in total. The molecule has 1 aromatic heterocycles. The van der Waals surface area contributed by atoms with Crippen molar-refractivity contribution >= 4 is 5.78 Å². The second-order valence-corrected chi connectivity index (χ2v) is 6.29. The lowest BCUT2D eigenvalue weighted by atomic mass is 10.00. The van der Waals surface area contributed by atoms with Crippen LogP contribution in [0, 0.1) is 12.8 Å². The summed E-state index contributed by atoms with van der Waals surface area (Å²) in [6.45, 7) is 4.46. The van der Waals surface area contributed by atoms with Gasteiger partial charge in [-0.15, -0.1) is 0 Å². The summed E-state index contributed by atoms with van der Waals surface area (Å²) in [5.74, 6) is 1.10. The number of benzene rings is 1. The van der Waals surface area contributed by atoms with Gasteiger partial charge in [-0.3, -0.25) is 4.79 Å². The minimum absolute atomic E-state index is 0.0239. The highest BCUT2D eigenvalue weighted by Gasteiger charge is 2.19. The third kappa shape index (κ3) is 4.52. The summed E-state index contributed by atoms with van der Waals surface area (Å²) in [6.07, 6.45) is 2.39. The molecule has 1 aliphatic rings. The molecule has 0 N–H and O–H groups in total. The number of carbonyl (C=O) groups excluding carboxylic acids is 1. The predicted molar refractivity (Wildman–Crippen MR) is 88.7 cm³/mol. The zero-order valence-electron chi connectivity index (χ0n) is 14.0. The fourth-order valence-corrected chi connectivity index (χ4v) is 2.82. The van der Waals surface area contributed by atoms with E-state index in [1.165, 1.54) is 5.56 Å². The Hall–Kier alpha value is -1.98. The molecule has 0 bridgehead atoms. The van der Waals surface area contributed by atoms with Crippen molar-refractivity contribution in [2.24, 2.45) is 5.92 Å². The Morgan fingerprint density at radius 2 is 2.21 bits per heavy atom. The van der Waals surface area contributed by atoms with Gasteiger partial charge in [-0.1, -0.05) is 29.4 Å². The topological polar surface area (TPSA) is 61.6 Å². The molecule has 0 radical (unpaired) electrons. The van der Waals surface area contributed by atoms with Crippen LogP contribution >= 0.6 is 0 Å². The number of hydrogen-bond donors (Lipinski definition) is 0. The number of ether oxygens (including phenoxy) is 2. The molecule has 0 amide bonds. The molecule has 128 valence electrons. The normalized spacial score (nSPS) is 17.3. The highest BCUT2D eigenvalue weighted by Crippen LogP contribution is 2.19. The molecule has 2 heterocycles. The average Bonchev–Trinajstić information content (AvgIpc) is 3.26. The zero-order chi connectivity index (χ0) is 16.8. The van der Waals surface area contributed by atoms with Gasteiger partial charge in [-0.05, 0) is 36.8 Å². The third-order valence-corrected chi connectivity index (χ3v) is 4.41. The van der Waals surface area contributed by atoms with Crippen LogP contribution in [-0.2, 0) is 22.7 Å². The predicted octanol–water partition coefficient (Wildman–Crippen LogP) is 3.70. The fraction of sp³-hybridized carbons (Fsp3) is 0.474. The van der Waals surface area contributed by atoms with Gasteiger partial charge in [0.15, 0.2) is 11.5 Å². The Balaban J connectivity index is 1.44. The molecule has 5 heteroatoms. The largest absolute Gasteiger partial charge is 0.381 e. The van der Waals surface area contributed by atoms with Crippen LogP contribution in [0.25, 0.3) is 0 Å². The molecular formula is C19H23NO4. The standard InChI is InChI=1S/C19H23NO4/c1-14-4-2-3-5-16(14)12-23-13-17-10-18(20-24-17)19(21)7-6-15-8-9-22-11-15/h2-5,10,15H,6-9,11-13H2,1H3. The van der Waals surface area contributed by atoms with E-state index in [0.717, 1.165) is 31.6 Å². The van der Waals surface area contributed by atoms with Crippen molar-refractivity contribution in [3.8, 4) is 0 Å². The number of rotatable bonds is 8. The quantitative estimate of drug-likeness (QED) is 0.691. The van der Waals surface area contributed by atoms with Crippen LogP contribution in [0.15, 0.2) is 34.9 Å². The van der Waals surface area contributed by atoms with Gasteiger partial charge in [-0.25, -0.2) is 0 Å². The van der Waals surface area contributed by atoms with Gasteiger partial charge >= 0.3 is 0 Å². The number of aryl methyl sites for hydroxylation is 1. The second kappa shape index (κ2) is 8.22. The molecule has 1 saturated heterocycles. The highest BCUT2D eigenvalue weighted by molar-refractivity contribution is 5.94. The summed E-state index contributed by atoms with van der Waals surface area (Å²) in [5, 5.41) is 3.87. The number of nitrogens with zero attached hydrogens (tertiary/aromatic N) is 1. The maximum Gasteiger partial charge on any atom is 0.184 e. The van der Waals surface area contributed by atoms with Gasteiger partial charge in [0.05, 0.1) is 6.61 Å². The maximum atomic E-state index is 12.2. The van der Waals surface area contributed by atoms with Crippen LogP contribution in [0.5, 0.6) is 0 Å². The molecule has 2 aromatic rings. The third-order valence-electron chi connectivity index (χ3n) is 4.41. The van der Waals surface area contributed by atoms with Crippen LogP contribution in [0.3, 0.4) is 0 Å². The van der Waals surface area contributed by atoms with E-state index >= 15 is 0 Å². The Bertz CT molecular complexity index is 674. The van der Waals surface area contributed by atoms with Gasteiger partial charge in [0.25, 0.3) is 0 Å². The molecular weight excluding hydrogens is 306 g/mol. The number of carbonyl (C=O) groups is 1. The molecule has 1 aliphatic heterocycles. The fourth-order valence-electron chi connectivity index (χ4n) is 2.82. The van der Waals surface area contributed by atoms with Crippen molar-refractivity contribution in [3.63, 3.8) is 0 Å². The minimum Gasteiger partial charge on any atom is -0.381 e. The minimum atomic E-state index is 0.0239. The van der Waals surface area contributed by atoms with E-state index in [0.29, 0.717) is 37.0 Å². The van der Waals surface area contributed by atoms with Crippen molar-refractivity contribution in [1.29, 1.82) is 0 Å². The van der Waals surface area contributed by atoms with Crippen molar-refractivity contribution in [3.05, 3.63) is 52.9 Å². The van der Waals surface area contributed by atoms with Crippen molar-refractivity contribution in [2.75, 3.05) is 13.2 Å². The lowest BCUT2D eigenvalue weighted by Crippen LogP contribution is -2.05. The monoisotopic (exact) mass is 329 g/mol. The van der Waals surface area contributed by atoms with Crippen LogP contribution in [0.4, 0.5) is 0 Å². The Morgan fingerprint density at radius 1 is 1.33 bits per heavy atom. The molecule has 1 aromatic carbocycles. The number of ketones is 1. The van der Waals surface area contributed by atoms with Crippen LogP contribution in [0.2, 0.25) is 0 Å².